The number of aromatic hydroxyl groups is 1. The summed E-state index contributed by atoms with van der Waals surface area (Å²) in [6.07, 6.45) is 1.72. The van der Waals surface area contributed by atoms with Crippen LogP contribution in [0.15, 0.2) is 96.0 Å². The molecule has 0 amide bonds. The Bertz CT molecular complexity index is 1120. The molecular formula is C33H39NORu. The fraction of sp³-hybridized carbons (Fsp3) is 0.212. The van der Waals surface area contributed by atoms with Crippen molar-refractivity contribution in [3.8, 4) is 5.75 Å². The van der Waals surface area contributed by atoms with Crippen molar-refractivity contribution in [2.45, 2.75) is 47.5 Å². The second-order valence-corrected chi connectivity index (χ2v) is 8.65. The second-order valence-electron chi connectivity index (χ2n) is 8.65. The quantitative estimate of drug-likeness (QED) is 0.150. The molecule has 36 heavy (non-hydrogen) atoms. The maximum atomic E-state index is 9.92. The van der Waals surface area contributed by atoms with Crippen molar-refractivity contribution in [2.75, 3.05) is 0 Å². The van der Waals surface area contributed by atoms with E-state index in [0.29, 0.717) is 11.7 Å². The molecule has 0 aliphatic carbocycles. The van der Waals surface area contributed by atoms with E-state index in [1.807, 2.05) is 87.5 Å². The number of aliphatic imine (C=N–C) groups is 1. The maximum absolute atomic E-state index is 9.92. The van der Waals surface area contributed by atoms with Crippen LogP contribution in [0.3, 0.4) is 0 Å². The van der Waals surface area contributed by atoms with Gasteiger partial charge >= 0.3 is 19.5 Å². The first-order valence-electron chi connectivity index (χ1n) is 11.7. The van der Waals surface area contributed by atoms with E-state index in [9.17, 15) is 5.11 Å². The van der Waals surface area contributed by atoms with Gasteiger partial charge < -0.3 is 12.5 Å². The van der Waals surface area contributed by atoms with Gasteiger partial charge in [-0.15, -0.1) is 0 Å². The molecule has 0 spiro atoms. The van der Waals surface area contributed by atoms with Crippen LogP contribution in [-0.2, 0) is 19.5 Å². The Kier molecular flexibility index (Phi) is 15.9. The molecular weight excluding hydrogens is 527 g/mol. The first kappa shape index (κ1) is 33.0. The molecule has 190 valence electrons. The number of phenols is 1. The molecule has 0 aliphatic rings. The van der Waals surface area contributed by atoms with Crippen LogP contribution in [0.1, 0.15) is 53.1 Å². The summed E-state index contributed by atoms with van der Waals surface area (Å²) in [5.41, 5.74) is 7.61. The molecule has 0 aromatic heterocycles. The Morgan fingerprint density at radius 2 is 1.25 bits per heavy atom. The number of rotatable bonds is 3. The molecule has 0 unspecified atom stereocenters. The molecule has 0 saturated carbocycles. The number of hydrogen-bond acceptors (Lipinski definition) is 2. The SMILES string of the molecule is Cc1ccc(C(C)C)cc1.Cc1cccc(C=Nc2c(C)cccc2C)c1O.[CH3-].[Ru+2].[c-]1ccccc1. The summed E-state index contributed by atoms with van der Waals surface area (Å²) in [5, 5.41) is 9.92. The van der Waals surface area contributed by atoms with Gasteiger partial charge in [-0.2, -0.15) is 36.4 Å². The molecule has 4 aromatic carbocycles. The van der Waals surface area contributed by atoms with Gasteiger partial charge in [-0.3, -0.25) is 4.99 Å². The molecule has 3 heteroatoms. The van der Waals surface area contributed by atoms with Crippen LogP contribution >= 0.6 is 0 Å². The average Bonchev–Trinajstić information content (AvgIpc) is 2.83. The van der Waals surface area contributed by atoms with Crippen molar-refractivity contribution in [3.63, 3.8) is 0 Å². The van der Waals surface area contributed by atoms with Gasteiger partial charge in [0.1, 0.15) is 5.75 Å². The number of hydrogen-bond donors (Lipinski definition) is 1. The van der Waals surface area contributed by atoms with Gasteiger partial charge in [-0.05, 0) is 61.9 Å². The fourth-order valence-electron chi connectivity index (χ4n) is 3.22. The van der Waals surface area contributed by atoms with Gasteiger partial charge in [-0.25, -0.2) is 0 Å². The second kappa shape index (κ2) is 17.4. The minimum absolute atomic E-state index is 0. The smallest absolute Gasteiger partial charge is 0.507 e. The van der Waals surface area contributed by atoms with E-state index >= 15 is 0 Å². The van der Waals surface area contributed by atoms with Gasteiger partial charge in [0.15, 0.2) is 0 Å². The Morgan fingerprint density at radius 3 is 1.72 bits per heavy atom. The Balaban J connectivity index is 0.000000574. The molecule has 4 rings (SSSR count). The van der Waals surface area contributed by atoms with Crippen molar-refractivity contribution in [2.24, 2.45) is 4.99 Å². The van der Waals surface area contributed by atoms with E-state index in [4.69, 9.17) is 0 Å². The number of phenolic OH excluding ortho intramolecular Hbond substituents is 1. The first-order valence-corrected chi connectivity index (χ1v) is 11.7. The van der Waals surface area contributed by atoms with Crippen LogP contribution in [-0.4, -0.2) is 11.3 Å². The summed E-state index contributed by atoms with van der Waals surface area (Å²) >= 11 is 0. The van der Waals surface area contributed by atoms with Crippen LogP contribution in [0.4, 0.5) is 5.69 Å². The normalized spacial score (nSPS) is 9.75. The molecule has 0 atom stereocenters. The summed E-state index contributed by atoms with van der Waals surface area (Å²) in [6, 6.07) is 33.0. The number of benzene rings is 4. The van der Waals surface area contributed by atoms with E-state index < -0.39 is 0 Å². The zero-order valence-electron chi connectivity index (χ0n) is 22.6. The predicted molar refractivity (Wildman–Crippen MR) is 153 cm³/mol. The monoisotopic (exact) mass is 567 g/mol. The Morgan fingerprint density at radius 1 is 0.722 bits per heavy atom. The summed E-state index contributed by atoms with van der Waals surface area (Å²) in [4.78, 5) is 4.49. The van der Waals surface area contributed by atoms with Crippen LogP contribution in [0.25, 0.3) is 0 Å². The number of para-hydroxylation sites is 2. The summed E-state index contributed by atoms with van der Waals surface area (Å²) < 4.78 is 0. The standard InChI is InChI=1S/C16H17NO.C10H14.C6H5.CH3.Ru/c1-11-6-4-7-12(2)15(11)17-10-14-9-5-8-13(3)16(14)18;1-8(2)10-6-4-9(3)5-7-10;1-2-4-6-5-3-1;;/h4-10,18H,1-3H3;4-8H,1-3H3;1-5H;1H3;/q;;2*-1;+2. The summed E-state index contributed by atoms with van der Waals surface area (Å²) in [7, 11) is 0. The molecule has 1 N–H and O–H groups in total. The zero-order valence-corrected chi connectivity index (χ0v) is 24.3. The Labute approximate surface area is 231 Å². The van der Waals surface area contributed by atoms with E-state index in [1.54, 1.807) is 6.21 Å². The van der Waals surface area contributed by atoms with Crippen LogP contribution in [0.2, 0.25) is 0 Å². The van der Waals surface area contributed by atoms with Crippen LogP contribution in [0.5, 0.6) is 5.75 Å². The molecule has 0 aliphatic heterocycles. The van der Waals surface area contributed by atoms with Crippen molar-refractivity contribution in [1.29, 1.82) is 0 Å². The van der Waals surface area contributed by atoms with Gasteiger partial charge in [0, 0.05) is 11.8 Å². The first-order chi connectivity index (χ1) is 16.3. The van der Waals surface area contributed by atoms with Gasteiger partial charge in [0.05, 0.1) is 5.69 Å². The zero-order chi connectivity index (χ0) is 24.9. The van der Waals surface area contributed by atoms with E-state index in [-0.39, 0.29) is 26.9 Å². The number of nitrogens with zero attached hydrogens (tertiary/aromatic N) is 1. The van der Waals surface area contributed by atoms with Gasteiger partial charge in [0.25, 0.3) is 0 Å². The van der Waals surface area contributed by atoms with Gasteiger partial charge in [-0.1, -0.05) is 74.0 Å². The van der Waals surface area contributed by atoms with E-state index in [0.717, 1.165) is 27.9 Å². The molecule has 0 radical (unpaired) electrons. The largest absolute Gasteiger partial charge is 2.00 e. The minimum Gasteiger partial charge on any atom is -0.507 e. The van der Waals surface area contributed by atoms with Crippen molar-refractivity contribution >= 4 is 11.9 Å². The third-order valence-corrected chi connectivity index (χ3v) is 5.39. The van der Waals surface area contributed by atoms with Crippen LogP contribution < -0.4 is 0 Å². The molecule has 0 fully saturated rings. The fourth-order valence-corrected chi connectivity index (χ4v) is 3.22. The Hall–Kier alpha value is -3.03. The van der Waals surface area contributed by atoms with E-state index in [2.05, 4.69) is 56.1 Å². The molecule has 0 saturated heterocycles. The van der Waals surface area contributed by atoms with E-state index in [1.165, 1.54) is 11.1 Å². The van der Waals surface area contributed by atoms with Crippen molar-refractivity contribution in [3.05, 3.63) is 138 Å². The molecule has 0 heterocycles. The topological polar surface area (TPSA) is 32.6 Å². The number of aryl methyl sites for hydroxylation is 4. The third kappa shape index (κ3) is 11.1. The average molecular weight is 567 g/mol. The minimum atomic E-state index is 0. The molecule has 0 bridgehead atoms. The summed E-state index contributed by atoms with van der Waals surface area (Å²) in [6.45, 7) is 12.5. The maximum Gasteiger partial charge on any atom is 2.00 e. The summed E-state index contributed by atoms with van der Waals surface area (Å²) in [5.74, 6) is 0.952. The third-order valence-electron chi connectivity index (χ3n) is 5.39. The molecule has 4 aromatic rings. The van der Waals surface area contributed by atoms with Gasteiger partial charge in [0.2, 0.25) is 0 Å². The van der Waals surface area contributed by atoms with Crippen molar-refractivity contribution in [1.82, 2.24) is 0 Å². The molecule has 2 nitrogen and oxygen atoms in total. The predicted octanol–water partition coefficient (Wildman–Crippen LogP) is 9.12. The van der Waals surface area contributed by atoms with Crippen LogP contribution in [0, 0.1) is 41.2 Å². The van der Waals surface area contributed by atoms with Crippen molar-refractivity contribution < 1.29 is 24.6 Å².